The Morgan fingerprint density at radius 3 is 2.54 bits per heavy atom. The molecule has 0 unspecified atom stereocenters. The zero-order valence-electron chi connectivity index (χ0n) is 15.9. The van der Waals surface area contributed by atoms with Gasteiger partial charge in [0.25, 0.3) is 0 Å². The fraction of sp³-hybridized carbons (Fsp3) is 0.182. The van der Waals surface area contributed by atoms with Gasteiger partial charge in [0.15, 0.2) is 5.96 Å². The Hall–Kier alpha value is -2.61. The summed E-state index contributed by atoms with van der Waals surface area (Å²) in [7, 11) is 1.76. The first-order chi connectivity index (χ1) is 13.3. The molecule has 3 rings (SSSR count). The molecule has 0 bridgehead atoms. The highest BCUT2D eigenvalue weighted by Crippen LogP contribution is 2.18. The lowest BCUT2D eigenvalue weighted by Crippen LogP contribution is -2.36. The number of halogens is 1. The first-order valence-corrected chi connectivity index (χ1v) is 8.90. The highest BCUT2D eigenvalue weighted by molar-refractivity contribution is 14.0. The van der Waals surface area contributed by atoms with E-state index in [1.807, 2.05) is 54.7 Å². The minimum atomic E-state index is 0. The Kier molecular flexibility index (Phi) is 8.74. The molecule has 146 valence electrons. The fourth-order valence-corrected chi connectivity index (χ4v) is 2.83. The van der Waals surface area contributed by atoms with Gasteiger partial charge in [0.05, 0.1) is 5.52 Å². The van der Waals surface area contributed by atoms with Crippen molar-refractivity contribution < 1.29 is 4.74 Å². The van der Waals surface area contributed by atoms with Crippen LogP contribution < -0.4 is 15.4 Å². The van der Waals surface area contributed by atoms with Crippen LogP contribution in [0.1, 0.15) is 11.1 Å². The third-order valence-electron chi connectivity index (χ3n) is 4.18. The number of hydrogen-bond acceptors (Lipinski definition) is 3. The van der Waals surface area contributed by atoms with Crippen LogP contribution in [-0.4, -0.2) is 24.6 Å². The molecule has 0 radical (unpaired) electrons. The number of aliphatic imine (C=N–C) groups is 1. The predicted octanol–water partition coefficient (Wildman–Crippen LogP) is 4.28. The van der Waals surface area contributed by atoms with Crippen molar-refractivity contribution in [3.05, 3.63) is 84.6 Å². The molecule has 0 saturated heterocycles. The average Bonchev–Trinajstić information content (AvgIpc) is 2.73. The molecule has 28 heavy (non-hydrogen) atoms. The van der Waals surface area contributed by atoms with Gasteiger partial charge in [-0.1, -0.05) is 49.1 Å². The Morgan fingerprint density at radius 2 is 1.75 bits per heavy atom. The summed E-state index contributed by atoms with van der Waals surface area (Å²) in [6.07, 6.45) is 3.58. The van der Waals surface area contributed by atoms with Crippen LogP contribution in [0, 0.1) is 0 Å². The molecule has 1 heterocycles. The van der Waals surface area contributed by atoms with E-state index in [2.05, 4.69) is 33.3 Å². The number of pyridine rings is 1. The number of aromatic nitrogens is 1. The summed E-state index contributed by atoms with van der Waals surface area (Å²) in [6.45, 7) is 5.46. The smallest absolute Gasteiger partial charge is 0.191 e. The van der Waals surface area contributed by atoms with Crippen LogP contribution >= 0.6 is 24.0 Å². The number of para-hydroxylation sites is 2. The van der Waals surface area contributed by atoms with E-state index >= 15 is 0 Å². The SMILES string of the molecule is C=CCOc1ccccc1CNC(=NC)NCc1ccnc2ccccc12.I. The van der Waals surface area contributed by atoms with Gasteiger partial charge in [-0.3, -0.25) is 9.98 Å². The Balaban J connectivity index is 0.00000280. The predicted molar refractivity (Wildman–Crippen MR) is 126 cm³/mol. The standard InChI is InChI=1S/C22H24N4O.HI/c1-3-14-27-21-11-7-4-8-18(21)16-26-22(23-2)25-15-17-12-13-24-20-10-6-5-9-19(17)20;/h3-13H,1,14-16H2,2H3,(H2,23,25,26);1H. The maximum absolute atomic E-state index is 5.70. The molecule has 0 aliphatic heterocycles. The minimum absolute atomic E-state index is 0. The van der Waals surface area contributed by atoms with Gasteiger partial charge in [-0.25, -0.2) is 0 Å². The number of fused-ring (bicyclic) bond motifs is 1. The monoisotopic (exact) mass is 488 g/mol. The molecule has 5 nitrogen and oxygen atoms in total. The van der Waals surface area contributed by atoms with Crippen molar-refractivity contribution in [2.24, 2.45) is 4.99 Å². The van der Waals surface area contributed by atoms with E-state index in [-0.39, 0.29) is 24.0 Å². The maximum Gasteiger partial charge on any atom is 0.191 e. The summed E-state index contributed by atoms with van der Waals surface area (Å²) in [5.41, 5.74) is 3.24. The summed E-state index contributed by atoms with van der Waals surface area (Å²) in [4.78, 5) is 8.72. The molecule has 0 saturated carbocycles. The van der Waals surface area contributed by atoms with E-state index in [1.54, 1.807) is 13.1 Å². The molecule has 0 atom stereocenters. The van der Waals surface area contributed by atoms with E-state index in [4.69, 9.17) is 4.74 Å². The summed E-state index contributed by atoms with van der Waals surface area (Å²) >= 11 is 0. The van der Waals surface area contributed by atoms with E-state index in [0.29, 0.717) is 19.7 Å². The molecule has 0 aliphatic rings. The van der Waals surface area contributed by atoms with Crippen molar-refractivity contribution in [2.75, 3.05) is 13.7 Å². The average molecular weight is 488 g/mol. The van der Waals surface area contributed by atoms with Crippen LogP contribution in [0.2, 0.25) is 0 Å². The first kappa shape index (κ1) is 21.7. The summed E-state index contributed by atoms with van der Waals surface area (Å²) < 4.78 is 5.70. The van der Waals surface area contributed by atoms with Gasteiger partial charge >= 0.3 is 0 Å². The van der Waals surface area contributed by atoms with Crippen molar-refractivity contribution in [2.45, 2.75) is 13.1 Å². The first-order valence-electron chi connectivity index (χ1n) is 8.90. The van der Waals surface area contributed by atoms with Crippen LogP contribution in [0.4, 0.5) is 0 Å². The largest absolute Gasteiger partial charge is 0.489 e. The molecule has 6 heteroatoms. The van der Waals surface area contributed by atoms with Crippen molar-refractivity contribution in [3.8, 4) is 5.75 Å². The zero-order chi connectivity index (χ0) is 18.9. The van der Waals surface area contributed by atoms with E-state index in [1.165, 1.54) is 5.56 Å². The van der Waals surface area contributed by atoms with Crippen molar-refractivity contribution in [3.63, 3.8) is 0 Å². The van der Waals surface area contributed by atoms with Crippen molar-refractivity contribution in [1.29, 1.82) is 0 Å². The number of hydrogen-bond donors (Lipinski definition) is 2. The second-order valence-corrected chi connectivity index (χ2v) is 5.97. The molecule has 0 fully saturated rings. The summed E-state index contributed by atoms with van der Waals surface area (Å²) in [6, 6.07) is 18.1. The lowest BCUT2D eigenvalue weighted by atomic mass is 10.1. The molecule has 1 aromatic heterocycles. The van der Waals surface area contributed by atoms with Gasteiger partial charge in [-0.15, -0.1) is 24.0 Å². The maximum atomic E-state index is 5.70. The highest BCUT2D eigenvalue weighted by atomic mass is 127. The van der Waals surface area contributed by atoms with Crippen LogP contribution in [0.5, 0.6) is 5.75 Å². The van der Waals surface area contributed by atoms with E-state index in [0.717, 1.165) is 28.2 Å². The van der Waals surface area contributed by atoms with Gasteiger partial charge in [0, 0.05) is 37.3 Å². The van der Waals surface area contributed by atoms with Gasteiger partial charge in [0.2, 0.25) is 0 Å². The minimum Gasteiger partial charge on any atom is -0.489 e. The Labute approximate surface area is 183 Å². The summed E-state index contributed by atoms with van der Waals surface area (Å²) in [5.74, 6) is 1.58. The van der Waals surface area contributed by atoms with Gasteiger partial charge in [-0.2, -0.15) is 0 Å². The normalized spacial score (nSPS) is 10.8. The van der Waals surface area contributed by atoms with Crippen LogP contribution in [-0.2, 0) is 13.1 Å². The lowest BCUT2D eigenvalue weighted by molar-refractivity contribution is 0.358. The zero-order valence-corrected chi connectivity index (χ0v) is 18.2. The Bertz CT molecular complexity index is 937. The molecule has 2 aromatic carbocycles. The topological polar surface area (TPSA) is 58.5 Å². The molecule has 3 aromatic rings. The third-order valence-corrected chi connectivity index (χ3v) is 4.18. The number of ether oxygens (including phenoxy) is 1. The number of nitrogens with zero attached hydrogens (tertiary/aromatic N) is 2. The number of nitrogens with one attached hydrogen (secondary N) is 2. The van der Waals surface area contributed by atoms with Gasteiger partial charge in [-0.05, 0) is 23.8 Å². The third kappa shape index (κ3) is 5.69. The molecular weight excluding hydrogens is 463 g/mol. The second-order valence-electron chi connectivity index (χ2n) is 5.97. The fourth-order valence-electron chi connectivity index (χ4n) is 2.83. The van der Waals surface area contributed by atoms with Crippen LogP contribution in [0.3, 0.4) is 0 Å². The molecule has 2 N–H and O–H groups in total. The molecular formula is C22H25IN4O. The number of guanidine groups is 1. The lowest BCUT2D eigenvalue weighted by Gasteiger charge is -2.15. The van der Waals surface area contributed by atoms with Gasteiger partial charge in [0.1, 0.15) is 12.4 Å². The van der Waals surface area contributed by atoms with Crippen LogP contribution in [0.15, 0.2) is 78.4 Å². The van der Waals surface area contributed by atoms with E-state index in [9.17, 15) is 0 Å². The van der Waals surface area contributed by atoms with Crippen LogP contribution in [0.25, 0.3) is 10.9 Å². The van der Waals surface area contributed by atoms with Crippen molar-refractivity contribution in [1.82, 2.24) is 15.6 Å². The summed E-state index contributed by atoms with van der Waals surface area (Å²) in [5, 5.41) is 7.85. The highest BCUT2D eigenvalue weighted by Gasteiger charge is 2.06. The molecule has 0 spiro atoms. The number of benzene rings is 2. The molecule has 0 aliphatic carbocycles. The van der Waals surface area contributed by atoms with Gasteiger partial charge < -0.3 is 15.4 Å². The Morgan fingerprint density at radius 1 is 1.04 bits per heavy atom. The second kappa shape index (κ2) is 11.3. The quantitative estimate of drug-likeness (QED) is 0.226. The number of rotatable bonds is 7. The molecule has 0 amide bonds. The van der Waals surface area contributed by atoms with Crippen molar-refractivity contribution >= 4 is 40.8 Å². The van der Waals surface area contributed by atoms with E-state index < -0.39 is 0 Å².